The number of ether oxygens (including phenoxy) is 1. The number of hydrogen-bond acceptors (Lipinski definition) is 5. The average molecular weight is 297 g/mol. The Morgan fingerprint density at radius 1 is 1.41 bits per heavy atom. The lowest BCUT2D eigenvalue weighted by molar-refractivity contribution is 0.182. The number of nitrogens with zero attached hydrogens (tertiary/aromatic N) is 5. The lowest BCUT2D eigenvalue weighted by Crippen LogP contribution is -2.36. The zero-order chi connectivity index (χ0) is 15.2. The van der Waals surface area contributed by atoms with E-state index in [0.29, 0.717) is 18.2 Å². The number of benzene rings is 1. The van der Waals surface area contributed by atoms with Crippen LogP contribution in [0.15, 0.2) is 36.9 Å². The van der Waals surface area contributed by atoms with Crippen LogP contribution in [-0.4, -0.2) is 45.4 Å². The van der Waals surface area contributed by atoms with Crippen LogP contribution in [0.5, 0.6) is 5.75 Å². The Labute approximate surface area is 129 Å². The van der Waals surface area contributed by atoms with Gasteiger partial charge < -0.3 is 4.74 Å². The van der Waals surface area contributed by atoms with Gasteiger partial charge in [-0.2, -0.15) is 10.4 Å². The maximum atomic E-state index is 8.89. The lowest BCUT2D eigenvalue weighted by Gasteiger charge is -2.24. The quantitative estimate of drug-likeness (QED) is 0.811. The molecule has 0 bridgehead atoms. The SMILES string of the molecule is N#Cc1cccc(OCCN2CCCC2Cn2cncn2)c1. The molecule has 22 heavy (non-hydrogen) atoms. The molecule has 0 radical (unpaired) electrons. The molecule has 6 nitrogen and oxygen atoms in total. The lowest BCUT2D eigenvalue weighted by atomic mass is 10.2. The van der Waals surface area contributed by atoms with Crippen molar-refractivity contribution >= 4 is 0 Å². The summed E-state index contributed by atoms with van der Waals surface area (Å²) in [6.07, 6.45) is 5.73. The van der Waals surface area contributed by atoms with Gasteiger partial charge in [0.1, 0.15) is 25.0 Å². The molecular formula is C16H19N5O. The maximum absolute atomic E-state index is 8.89. The van der Waals surface area contributed by atoms with E-state index >= 15 is 0 Å². The van der Waals surface area contributed by atoms with Gasteiger partial charge in [-0.25, -0.2) is 4.98 Å². The summed E-state index contributed by atoms with van der Waals surface area (Å²) in [5.74, 6) is 0.756. The Balaban J connectivity index is 1.49. The van der Waals surface area contributed by atoms with E-state index in [4.69, 9.17) is 10.00 Å². The summed E-state index contributed by atoms with van der Waals surface area (Å²) in [5, 5.41) is 13.1. The van der Waals surface area contributed by atoms with Crippen molar-refractivity contribution < 1.29 is 4.74 Å². The summed E-state index contributed by atoms with van der Waals surface area (Å²) < 4.78 is 7.66. The second kappa shape index (κ2) is 7.05. The highest BCUT2D eigenvalue weighted by Gasteiger charge is 2.24. The summed E-state index contributed by atoms with van der Waals surface area (Å²) >= 11 is 0. The molecule has 0 saturated carbocycles. The molecule has 1 aromatic heterocycles. The molecule has 0 spiro atoms. The largest absolute Gasteiger partial charge is 0.492 e. The Hall–Kier alpha value is -2.39. The maximum Gasteiger partial charge on any atom is 0.137 e. The van der Waals surface area contributed by atoms with E-state index in [9.17, 15) is 0 Å². The van der Waals surface area contributed by atoms with Gasteiger partial charge in [-0.15, -0.1) is 0 Å². The van der Waals surface area contributed by atoms with Gasteiger partial charge in [0.15, 0.2) is 0 Å². The topological polar surface area (TPSA) is 67.0 Å². The zero-order valence-electron chi connectivity index (χ0n) is 12.4. The molecule has 1 fully saturated rings. The van der Waals surface area contributed by atoms with E-state index in [1.807, 2.05) is 16.8 Å². The second-order valence-electron chi connectivity index (χ2n) is 5.44. The number of nitriles is 1. The summed E-state index contributed by atoms with van der Waals surface area (Å²) in [6.45, 7) is 3.49. The van der Waals surface area contributed by atoms with Gasteiger partial charge in [0, 0.05) is 12.6 Å². The zero-order valence-corrected chi connectivity index (χ0v) is 12.4. The van der Waals surface area contributed by atoms with Crippen molar-refractivity contribution in [3.05, 3.63) is 42.5 Å². The molecule has 1 saturated heterocycles. The van der Waals surface area contributed by atoms with Crippen molar-refractivity contribution in [2.45, 2.75) is 25.4 Å². The van der Waals surface area contributed by atoms with Crippen molar-refractivity contribution in [1.29, 1.82) is 5.26 Å². The van der Waals surface area contributed by atoms with Crippen molar-refractivity contribution in [2.75, 3.05) is 19.7 Å². The van der Waals surface area contributed by atoms with Crippen LogP contribution in [0.1, 0.15) is 18.4 Å². The summed E-state index contributed by atoms with van der Waals surface area (Å²) in [7, 11) is 0. The molecule has 2 heterocycles. The van der Waals surface area contributed by atoms with E-state index in [1.165, 1.54) is 12.8 Å². The van der Waals surface area contributed by atoms with Crippen molar-refractivity contribution in [1.82, 2.24) is 19.7 Å². The first-order valence-electron chi connectivity index (χ1n) is 7.54. The predicted molar refractivity (Wildman–Crippen MR) is 81.3 cm³/mol. The van der Waals surface area contributed by atoms with E-state index in [1.54, 1.807) is 24.8 Å². The predicted octanol–water partition coefficient (Wildman–Crippen LogP) is 1.69. The smallest absolute Gasteiger partial charge is 0.137 e. The number of rotatable bonds is 6. The molecule has 114 valence electrons. The Morgan fingerprint density at radius 2 is 2.36 bits per heavy atom. The number of aromatic nitrogens is 3. The average Bonchev–Trinajstić information content (AvgIpc) is 3.21. The minimum atomic E-state index is 0.496. The summed E-state index contributed by atoms with van der Waals surface area (Å²) in [5.41, 5.74) is 0.628. The Morgan fingerprint density at radius 3 is 3.18 bits per heavy atom. The molecule has 1 aliphatic heterocycles. The first kappa shape index (κ1) is 14.5. The van der Waals surface area contributed by atoms with Gasteiger partial charge in [0.2, 0.25) is 0 Å². The van der Waals surface area contributed by atoms with Crippen LogP contribution >= 0.6 is 0 Å². The highest BCUT2D eigenvalue weighted by Crippen LogP contribution is 2.18. The third-order valence-electron chi connectivity index (χ3n) is 3.97. The van der Waals surface area contributed by atoms with Crippen LogP contribution in [0.3, 0.4) is 0 Å². The molecule has 1 atom stereocenters. The molecular weight excluding hydrogens is 278 g/mol. The van der Waals surface area contributed by atoms with E-state index in [0.717, 1.165) is 25.4 Å². The molecule has 6 heteroatoms. The highest BCUT2D eigenvalue weighted by atomic mass is 16.5. The third-order valence-corrected chi connectivity index (χ3v) is 3.97. The van der Waals surface area contributed by atoms with Gasteiger partial charge >= 0.3 is 0 Å². The number of hydrogen-bond donors (Lipinski definition) is 0. The van der Waals surface area contributed by atoms with Crippen molar-refractivity contribution in [3.63, 3.8) is 0 Å². The minimum absolute atomic E-state index is 0.496. The van der Waals surface area contributed by atoms with Crippen LogP contribution in [0, 0.1) is 11.3 Å². The third kappa shape index (κ3) is 3.62. The molecule has 0 amide bonds. The molecule has 0 N–H and O–H groups in total. The monoisotopic (exact) mass is 297 g/mol. The molecule has 0 aliphatic carbocycles. The van der Waals surface area contributed by atoms with E-state index in [2.05, 4.69) is 21.1 Å². The standard InChI is InChI=1S/C16H19N5O/c17-10-14-3-1-5-16(9-14)22-8-7-20-6-2-4-15(20)11-21-13-18-12-19-21/h1,3,5,9,12-13,15H,2,4,6-8,11H2. The second-order valence-corrected chi connectivity index (χ2v) is 5.44. The highest BCUT2D eigenvalue weighted by molar-refractivity contribution is 5.36. The molecule has 3 rings (SSSR count). The molecule has 1 aliphatic rings. The molecule has 1 aromatic carbocycles. The fraction of sp³-hybridized carbons (Fsp3) is 0.438. The van der Waals surface area contributed by atoms with Crippen LogP contribution < -0.4 is 4.74 Å². The van der Waals surface area contributed by atoms with Crippen molar-refractivity contribution in [3.8, 4) is 11.8 Å². The van der Waals surface area contributed by atoms with Crippen LogP contribution in [-0.2, 0) is 6.54 Å². The van der Waals surface area contributed by atoms with Gasteiger partial charge in [0.25, 0.3) is 0 Å². The fourth-order valence-electron chi connectivity index (χ4n) is 2.88. The first-order chi connectivity index (χ1) is 10.8. The Kier molecular flexibility index (Phi) is 4.66. The Bertz CT molecular complexity index is 634. The van der Waals surface area contributed by atoms with Crippen molar-refractivity contribution in [2.24, 2.45) is 0 Å². The van der Waals surface area contributed by atoms with Crippen LogP contribution in [0.4, 0.5) is 0 Å². The molecule has 1 unspecified atom stereocenters. The summed E-state index contributed by atoms with van der Waals surface area (Å²) in [4.78, 5) is 6.43. The van der Waals surface area contributed by atoms with Crippen LogP contribution in [0.25, 0.3) is 0 Å². The summed E-state index contributed by atoms with van der Waals surface area (Å²) in [6, 6.07) is 9.91. The van der Waals surface area contributed by atoms with Crippen LogP contribution in [0.2, 0.25) is 0 Å². The fourth-order valence-corrected chi connectivity index (χ4v) is 2.88. The van der Waals surface area contributed by atoms with E-state index in [-0.39, 0.29) is 0 Å². The van der Waals surface area contributed by atoms with Gasteiger partial charge in [-0.3, -0.25) is 9.58 Å². The van der Waals surface area contributed by atoms with E-state index < -0.39 is 0 Å². The number of likely N-dealkylation sites (tertiary alicyclic amines) is 1. The first-order valence-corrected chi connectivity index (χ1v) is 7.54. The van der Waals surface area contributed by atoms with Gasteiger partial charge in [-0.1, -0.05) is 6.07 Å². The van der Waals surface area contributed by atoms with Gasteiger partial charge in [-0.05, 0) is 37.6 Å². The molecule has 2 aromatic rings. The normalized spacial score (nSPS) is 18.2. The van der Waals surface area contributed by atoms with Gasteiger partial charge in [0.05, 0.1) is 18.2 Å². The minimum Gasteiger partial charge on any atom is -0.492 e.